The van der Waals surface area contributed by atoms with Crippen LogP contribution in [0.2, 0.25) is 5.15 Å². The zero-order valence-electron chi connectivity index (χ0n) is 10.1. The summed E-state index contributed by atoms with van der Waals surface area (Å²) < 4.78 is 31.7. The van der Waals surface area contributed by atoms with Crippen molar-refractivity contribution in [2.24, 2.45) is 0 Å². The quantitative estimate of drug-likeness (QED) is 0.623. The van der Waals surface area contributed by atoms with Crippen molar-refractivity contribution >= 4 is 22.4 Å². The molecule has 20 heavy (non-hydrogen) atoms. The van der Waals surface area contributed by atoms with Gasteiger partial charge in [0.15, 0.2) is 11.6 Å². The molecule has 5 heteroatoms. The zero-order valence-corrected chi connectivity index (χ0v) is 10.9. The number of nitrogens with zero attached hydrogens (tertiary/aromatic N) is 1. The number of pyridine rings is 1. The van der Waals surface area contributed by atoms with Gasteiger partial charge in [0.1, 0.15) is 16.7 Å². The first-order chi connectivity index (χ1) is 9.65. The Hall–Kier alpha value is -2.20. The fourth-order valence-electron chi connectivity index (χ4n) is 1.91. The van der Waals surface area contributed by atoms with E-state index in [1.165, 1.54) is 6.07 Å². The van der Waals surface area contributed by atoms with Crippen molar-refractivity contribution in [3.05, 3.63) is 65.4 Å². The van der Waals surface area contributed by atoms with Crippen LogP contribution in [0.5, 0.6) is 11.5 Å². The normalized spacial score (nSPS) is 10.8. The van der Waals surface area contributed by atoms with Crippen molar-refractivity contribution in [1.82, 2.24) is 4.98 Å². The van der Waals surface area contributed by atoms with E-state index in [0.29, 0.717) is 16.3 Å². The van der Waals surface area contributed by atoms with Crippen molar-refractivity contribution in [2.45, 2.75) is 0 Å². The Kier molecular flexibility index (Phi) is 3.24. The van der Waals surface area contributed by atoms with E-state index in [1.54, 1.807) is 24.4 Å². The summed E-state index contributed by atoms with van der Waals surface area (Å²) in [6, 6.07) is 10.5. The van der Waals surface area contributed by atoms with Gasteiger partial charge in [0, 0.05) is 12.3 Å². The molecular formula is C15H8ClF2NO. The number of fused-ring (bicyclic) bond motifs is 1. The Bertz CT molecular complexity index is 787. The highest BCUT2D eigenvalue weighted by molar-refractivity contribution is 6.34. The van der Waals surface area contributed by atoms with Gasteiger partial charge in [-0.2, -0.15) is 0 Å². The lowest BCUT2D eigenvalue weighted by Gasteiger charge is -2.09. The summed E-state index contributed by atoms with van der Waals surface area (Å²) in [5.41, 5.74) is 0. The molecule has 1 heterocycles. The van der Waals surface area contributed by atoms with Crippen LogP contribution in [0, 0.1) is 11.6 Å². The highest BCUT2D eigenvalue weighted by Crippen LogP contribution is 2.33. The van der Waals surface area contributed by atoms with Crippen molar-refractivity contribution in [1.29, 1.82) is 0 Å². The highest BCUT2D eigenvalue weighted by Gasteiger charge is 2.09. The van der Waals surface area contributed by atoms with Crippen LogP contribution < -0.4 is 4.74 Å². The van der Waals surface area contributed by atoms with Gasteiger partial charge in [-0.25, -0.2) is 13.8 Å². The van der Waals surface area contributed by atoms with Crippen LogP contribution in [0.1, 0.15) is 0 Å². The zero-order chi connectivity index (χ0) is 14.1. The number of halogens is 3. The molecule has 3 rings (SSSR count). The SMILES string of the molecule is Fc1ccc(Oc2cccc3ccnc(Cl)c23)cc1F. The van der Waals surface area contributed by atoms with E-state index >= 15 is 0 Å². The molecule has 0 bridgehead atoms. The van der Waals surface area contributed by atoms with Gasteiger partial charge in [-0.15, -0.1) is 0 Å². The fourth-order valence-corrected chi connectivity index (χ4v) is 2.17. The molecule has 0 fully saturated rings. The second-order valence-corrected chi connectivity index (χ2v) is 4.49. The van der Waals surface area contributed by atoms with Crippen molar-refractivity contribution in [2.75, 3.05) is 0 Å². The summed E-state index contributed by atoms with van der Waals surface area (Å²) in [7, 11) is 0. The highest BCUT2D eigenvalue weighted by atomic mass is 35.5. The number of hydrogen-bond donors (Lipinski definition) is 0. The fraction of sp³-hybridized carbons (Fsp3) is 0. The largest absolute Gasteiger partial charge is 0.456 e. The van der Waals surface area contributed by atoms with Gasteiger partial charge in [-0.05, 0) is 29.7 Å². The van der Waals surface area contributed by atoms with Gasteiger partial charge < -0.3 is 4.74 Å². The average Bonchev–Trinajstić information content (AvgIpc) is 2.43. The van der Waals surface area contributed by atoms with Crippen molar-refractivity contribution < 1.29 is 13.5 Å². The topological polar surface area (TPSA) is 22.1 Å². The maximum Gasteiger partial charge on any atom is 0.162 e. The second kappa shape index (κ2) is 5.06. The Morgan fingerprint density at radius 2 is 1.85 bits per heavy atom. The molecular weight excluding hydrogens is 284 g/mol. The van der Waals surface area contributed by atoms with Crippen molar-refractivity contribution in [3.63, 3.8) is 0 Å². The van der Waals surface area contributed by atoms with Gasteiger partial charge in [0.25, 0.3) is 0 Å². The molecule has 0 N–H and O–H groups in total. The Balaban J connectivity index is 2.08. The number of aromatic nitrogens is 1. The third-order valence-corrected chi connectivity index (χ3v) is 3.11. The van der Waals surface area contributed by atoms with Gasteiger partial charge >= 0.3 is 0 Å². The number of rotatable bonds is 2. The van der Waals surface area contributed by atoms with Crippen LogP contribution in [0.4, 0.5) is 8.78 Å². The van der Waals surface area contributed by atoms with Crippen LogP contribution >= 0.6 is 11.6 Å². The lowest BCUT2D eigenvalue weighted by atomic mass is 10.1. The van der Waals surface area contributed by atoms with Gasteiger partial charge in [0.2, 0.25) is 0 Å². The lowest BCUT2D eigenvalue weighted by Crippen LogP contribution is -1.90. The molecule has 0 aliphatic heterocycles. The van der Waals surface area contributed by atoms with Crippen LogP contribution in [-0.4, -0.2) is 4.98 Å². The standard InChI is InChI=1S/C15H8ClF2NO/c16-15-14-9(6-7-19-15)2-1-3-13(14)20-10-4-5-11(17)12(18)8-10/h1-8H. The Morgan fingerprint density at radius 1 is 1.00 bits per heavy atom. The van der Waals surface area contributed by atoms with E-state index in [1.807, 2.05) is 6.07 Å². The molecule has 2 aromatic carbocycles. The molecule has 0 spiro atoms. The first-order valence-electron chi connectivity index (χ1n) is 5.81. The van der Waals surface area contributed by atoms with Crippen LogP contribution in [0.15, 0.2) is 48.7 Å². The van der Waals surface area contributed by atoms with E-state index in [9.17, 15) is 8.78 Å². The first kappa shape index (κ1) is 12.8. The minimum atomic E-state index is -0.966. The molecule has 0 saturated carbocycles. The molecule has 1 aromatic heterocycles. The lowest BCUT2D eigenvalue weighted by molar-refractivity contribution is 0.465. The summed E-state index contributed by atoms with van der Waals surface area (Å²) in [4.78, 5) is 3.99. The first-order valence-corrected chi connectivity index (χ1v) is 6.19. The summed E-state index contributed by atoms with van der Waals surface area (Å²) in [5, 5.41) is 1.77. The monoisotopic (exact) mass is 291 g/mol. The maximum atomic E-state index is 13.2. The number of ether oxygens (including phenoxy) is 1. The van der Waals surface area contributed by atoms with Crippen LogP contribution in [0.25, 0.3) is 10.8 Å². The molecule has 3 aromatic rings. The van der Waals surface area contributed by atoms with Gasteiger partial charge in [-0.1, -0.05) is 23.7 Å². The van der Waals surface area contributed by atoms with E-state index in [-0.39, 0.29) is 5.75 Å². The molecule has 0 aliphatic rings. The summed E-state index contributed by atoms with van der Waals surface area (Å²) in [6.07, 6.45) is 1.59. The van der Waals surface area contributed by atoms with Crippen LogP contribution in [-0.2, 0) is 0 Å². The number of hydrogen-bond acceptors (Lipinski definition) is 2. The summed E-state index contributed by atoms with van der Waals surface area (Å²) >= 11 is 6.06. The molecule has 0 atom stereocenters. The van der Waals surface area contributed by atoms with Crippen molar-refractivity contribution in [3.8, 4) is 11.5 Å². The predicted molar refractivity (Wildman–Crippen MR) is 73.2 cm³/mol. The summed E-state index contributed by atoms with van der Waals surface area (Å²) in [6.45, 7) is 0. The predicted octanol–water partition coefficient (Wildman–Crippen LogP) is 4.96. The Labute approximate surface area is 118 Å². The minimum absolute atomic E-state index is 0.191. The third-order valence-electron chi connectivity index (χ3n) is 2.83. The number of benzene rings is 2. The molecule has 0 saturated heterocycles. The molecule has 0 radical (unpaired) electrons. The maximum absolute atomic E-state index is 13.2. The van der Waals surface area contributed by atoms with E-state index in [4.69, 9.17) is 16.3 Å². The minimum Gasteiger partial charge on any atom is -0.456 e. The molecule has 0 amide bonds. The molecule has 0 unspecified atom stereocenters. The van der Waals surface area contributed by atoms with Crippen LogP contribution in [0.3, 0.4) is 0 Å². The third kappa shape index (κ3) is 2.30. The second-order valence-electron chi connectivity index (χ2n) is 4.13. The summed E-state index contributed by atoms with van der Waals surface area (Å²) in [5.74, 6) is -1.26. The smallest absolute Gasteiger partial charge is 0.162 e. The molecule has 2 nitrogen and oxygen atoms in total. The van der Waals surface area contributed by atoms with Gasteiger partial charge in [-0.3, -0.25) is 0 Å². The van der Waals surface area contributed by atoms with E-state index < -0.39 is 11.6 Å². The van der Waals surface area contributed by atoms with Gasteiger partial charge in [0.05, 0.1) is 5.39 Å². The molecule has 0 aliphatic carbocycles. The Morgan fingerprint density at radius 3 is 2.65 bits per heavy atom. The average molecular weight is 292 g/mol. The molecule has 100 valence electrons. The van der Waals surface area contributed by atoms with E-state index in [2.05, 4.69) is 4.98 Å². The van der Waals surface area contributed by atoms with E-state index in [0.717, 1.165) is 17.5 Å².